The molecule has 2 heterocycles. The van der Waals surface area contributed by atoms with Crippen molar-refractivity contribution in [3.8, 4) is 0 Å². The molecule has 0 bridgehead atoms. The molecule has 1 aromatic heterocycles. The second-order valence-corrected chi connectivity index (χ2v) is 8.10. The Labute approximate surface area is 193 Å². The lowest BCUT2D eigenvalue weighted by Crippen LogP contribution is -2.50. The van der Waals surface area contributed by atoms with Gasteiger partial charge in [-0.05, 0) is 26.7 Å². The number of aryl methyl sites for hydroxylation is 1. The second kappa shape index (κ2) is 12.8. The molecule has 1 aliphatic rings. The van der Waals surface area contributed by atoms with Gasteiger partial charge in [0.05, 0.1) is 13.2 Å². The third kappa shape index (κ3) is 8.72. The van der Waals surface area contributed by atoms with Crippen molar-refractivity contribution in [1.82, 2.24) is 25.4 Å². The largest absolute Gasteiger partial charge is 0.450 e. The first-order valence-corrected chi connectivity index (χ1v) is 10.3. The second-order valence-electron chi connectivity index (χ2n) is 6.78. The van der Waals surface area contributed by atoms with Crippen LogP contribution in [0.5, 0.6) is 0 Å². The van der Waals surface area contributed by atoms with Gasteiger partial charge in [-0.25, -0.2) is 14.8 Å². The molecule has 11 heteroatoms. The molecule has 0 unspecified atom stereocenters. The quantitative estimate of drug-likeness (QED) is 0.326. The van der Waals surface area contributed by atoms with Crippen molar-refractivity contribution in [2.24, 2.45) is 4.99 Å². The van der Waals surface area contributed by atoms with Crippen molar-refractivity contribution < 1.29 is 14.3 Å². The van der Waals surface area contributed by atoms with Crippen molar-refractivity contribution in [2.75, 3.05) is 40.3 Å². The Bertz CT molecular complexity index is 689. The number of nitrogens with zero attached hydrogens (tertiary/aromatic N) is 4. The monoisotopic (exact) mass is 538 g/mol. The van der Waals surface area contributed by atoms with Gasteiger partial charge in [-0.1, -0.05) is 0 Å². The first kappa shape index (κ1) is 25.4. The zero-order valence-electron chi connectivity index (χ0n) is 17.4. The fourth-order valence-electron chi connectivity index (χ4n) is 2.70. The summed E-state index contributed by atoms with van der Waals surface area (Å²) in [6, 6.07) is 0.171. The molecule has 1 aromatic rings. The standard InChI is InChI=1S/C18H30N6O3S.HI/c1-5-27-18(26)24-8-6-14(7-9-24)22-17(21-12-16(25)23(3)4)20-11-15-19-10-13(2)28-15;/h10,14H,5-9,11-12H2,1-4H3,(H2,20,21,22);1H. The van der Waals surface area contributed by atoms with Crippen molar-refractivity contribution in [3.05, 3.63) is 16.1 Å². The molecule has 1 fully saturated rings. The number of guanidine groups is 1. The minimum absolute atomic E-state index is 0. The van der Waals surface area contributed by atoms with Gasteiger partial charge in [0.2, 0.25) is 5.91 Å². The van der Waals surface area contributed by atoms with Crippen LogP contribution in [-0.2, 0) is 16.1 Å². The lowest BCUT2D eigenvalue weighted by molar-refractivity contribution is -0.127. The maximum Gasteiger partial charge on any atom is 0.409 e. The normalized spacial score (nSPS) is 14.8. The summed E-state index contributed by atoms with van der Waals surface area (Å²) in [6.45, 7) is 6.08. The van der Waals surface area contributed by atoms with Crippen LogP contribution >= 0.6 is 35.3 Å². The predicted molar refractivity (Wildman–Crippen MR) is 125 cm³/mol. The number of halogens is 1. The van der Waals surface area contributed by atoms with Crippen molar-refractivity contribution in [3.63, 3.8) is 0 Å². The van der Waals surface area contributed by atoms with Crippen LogP contribution < -0.4 is 10.6 Å². The number of aromatic nitrogens is 1. The highest BCUT2D eigenvalue weighted by atomic mass is 127. The van der Waals surface area contributed by atoms with Gasteiger partial charge >= 0.3 is 6.09 Å². The number of piperidine rings is 1. The first-order chi connectivity index (χ1) is 13.4. The van der Waals surface area contributed by atoms with Crippen molar-refractivity contribution >= 4 is 53.3 Å². The number of likely N-dealkylation sites (tertiary alicyclic amines) is 1. The van der Waals surface area contributed by atoms with Crippen molar-refractivity contribution in [1.29, 1.82) is 0 Å². The maximum atomic E-state index is 11.9. The van der Waals surface area contributed by atoms with E-state index in [1.54, 1.807) is 37.3 Å². The van der Waals surface area contributed by atoms with E-state index in [9.17, 15) is 9.59 Å². The molecule has 1 aliphatic heterocycles. The molecule has 0 spiro atoms. The molecule has 0 saturated carbocycles. The highest BCUT2D eigenvalue weighted by molar-refractivity contribution is 14.0. The Kier molecular flexibility index (Phi) is 11.2. The number of ether oxygens (including phenoxy) is 1. The van der Waals surface area contributed by atoms with Gasteiger partial charge in [-0.3, -0.25) is 4.79 Å². The van der Waals surface area contributed by atoms with Gasteiger partial charge in [0.25, 0.3) is 0 Å². The molecule has 9 nitrogen and oxygen atoms in total. The molecule has 2 amide bonds. The Morgan fingerprint density at radius 1 is 1.38 bits per heavy atom. The Morgan fingerprint density at radius 2 is 2.07 bits per heavy atom. The fourth-order valence-corrected chi connectivity index (χ4v) is 3.42. The predicted octanol–water partition coefficient (Wildman–Crippen LogP) is 1.81. The lowest BCUT2D eigenvalue weighted by atomic mass is 10.1. The van der Waals surface area contributed by atoms with Crippen LogP contribution in [0.2, 0.25) is 0 Å². The molecule has 2 rings (SSSR count). The van der Waals surface area contributed by atoms with Crippen LogP contribution in [0, 0.1) is 6.92 Å². The van der Waals surface area contributed by atoms with E-state index in [-0.39, 0.29) is 48.6 Å². The van der Waals surface area contributed by atoms with Gasteiger partial charge in [-0.2, -0.15) is 0 Å². The van der Waals surface area contributed by atoms with Gasteiger partial charge in [0, 0.05) is 44.3 Å². The number of carbonyl (C=O) groups excluding carboxylic acids is 2. The van der Waals surface area contributed by atoms with E-state index in [1.807, 2.05) is 13.1 Å². The van der Waals surface area contributed by atoms with E-state index in [0.29, 0.717) is 32.2 Å². The molecule has 0 aromatic carbocycles. The first-order valence-electron chi connectivity index (χ1n) is 9.47. The number of likely N-dealkylation sites (N-methyl/N-ethyl adjacent to an activating group) is 1. The molecule has 164 valence electrons. The molecule has 0 aliphatic carbocycles. The highest BCUT2D eigenvalue weighted by Gasteiger charge is 2.24. The van der Waals surface area contributed by atoms with Crippen LogP contribution in [0.4, 0.5) is 4.79 Å². The fraction of sp³-hybridized carbons (Fsp3) is 0.667. The number of carbonyl (C=O) groups is 2. The van der Waals surface area contributed by atoms with Crippen LogP contribution in [0.15, 0.2) is 11.2 Å². The van der Waals surface area contributed by atoms with E-state index >= 15 is 0 Å². The minimum Gasteiger partial charge on any atom is -0.450 e. The summed E-state index contributed by atoms with van der Waals surface area (Å²) in [6.07, 6.45) is 3.16. The number of thiazole rings is 1. The van der Waals surface area contributed by atoms with Gasteiger partial charge in [-0.15, -0.1) is 35.3 Å². The number of hydrogen-bond donors (Lipinski definition) is 2. The highest BCUT2D eigenvalue weighted by Crippen LogP contribution is 2.12. The molecule has 1 saturated heterocycles. The van der Waals surface area contributed by atoms with E-state index in [1.165, 1.54) is 4.90 Å². The van der Waals surface area contributed by atoms with E-state index < -0.39 is 0 Å². The number of aliphatic imine (C=N–C) groups is 1. The summed E-state index contributed by atoms with van der Waals surface area (Å²) in [4.78, 5) is 36.9. The van der Waals surface area contributed by atoms with Gasteiger partial charge in [0.1, 0.15) is 11.6 Å². The summed E-state index contributed by atoms with van der Waals surface area (Å²) in [5.41, 5.74) is 0. The molecule has 29 heavy (non-hydrogen) atoms. The van der Waals surface area contributed by atoms with E-state index in [4.69, 9.17) is 4.74 Å². The minimum atomic E-state index is -0.260. The average Bonchev–Trinajstić information content (AvgIpc) is 3.09. The van der Waals surface area contributed by atoms with Crippen molar-refractivity contribution in [2.45, 2.75) is 39.3 Å². The Balaban J connectivity index is 0.00000420. The summed E-state index contributed by atoms with van der Waals surface area (Å²) >= 11 is 1.62. The molecular weight excluding hydrogens is 507 g/mol. The molecule has 0 atom stereocenters. The number of rotatable bonds is 6. The summed E-state index contributed by atoms with van der Waals surface area (Å²) in [5.74, 6) is 0.515. The topological polar surface area (TPSA) is 99.2 Å². The van der Waals surface area contributed by atoms with Gasteiger partial charge < -0.3 is 25.2 Å². The number of nitrogens with one attached hydrogen (secondary N) is 2. The zero-order valence-corrected chi connectivity index (χ0v) is 20.6. The Morgan fingerprint density at radius 3 is 2.62 bits per heavy atom. The average molecular weight is 538 g/mol. The van der Waals surface area contributed by atoms with E-state index in [0.717, 1.165) is 22.7 Å². The van der Waals surface area contributed by atoms with Crippen LogP contribution in [0.3, 0.4) is 0 Å². The molecule has 0 radical (unpaired) electrons. The SMILES string of the molecule is CCOC(=O)N1CCC(NC(=NCC(=O)N(C)C)NCc2ncc(C)s2)CC1.I. The molecular formula is C18H31IN6O3S. The summed E-state index contributed by atoms with van der Waals surface area (Å²) in [7, 11) is 3.42. The molecule has 2 N–H and O–H groups in total. The van der Waals surface area contributed by atoms with Crippen LogP contribution in [-0.4, -0.2) is 79.1 Å². The number of amides is 2. The summed E-state index contributed by atoms with van der Waals surface area (Å²) in [5, 5.41) is 7.60. The van der Waals surface area contributed by atoms with Gasteiger partial charge in [0.15, 0.2) is 5.96 Å². The third-order valence-corrected chi connectivity index (χ3v) is 5.22. The van der Waals surface area contributed by atoms with Crippen LogP contribution in [0.25, 0.3) is 0 Å². The third-order valence-electron chi connectivity index (χ3n) is 4.31. The number of hydrogen-bond acceptors (Lipinski definition) is 6. The smallest absolute Gasteiger partial charge is 0.409 e. The zero-order chi connectivity index (χ0) is 20.5. The lowest BCUT2D eigenvalue weighted by Gasteiger charge is -2.32. The van der Waals surface area contributed by atoms with E-state index in [2.05, 4.69) is 20.6 Å². The van der Waals surface area contributed by atoms with Crippen LogP contribution in [0.1, 0.15) is 29.7 Å². The maximum absolute atomic E-state index is 11.9. The summed E-state index contributed by atoms with van der Waals surface area (Å²) < 4.78 is 5.06. The Hall–Kier alpha value is -1.63.